The number of nitrogens with zero attached hydrogens (tertiary/aromatic N) is 3. The van der Waals surface area contributed by atoms with Crippen LogP contribution in [0, 0.1) is 5.92 Å². The van der Waals surface area contributed by atoms with E-state index in [1.807, 2.05) is 24.3 Å². The third kappa shape index (κ3) is 3.04. The smallest absolute Gasteiger partial charge is 0.172 e. The van der Waals surface area contributed by atoms with Crippen LogP contribution in [-0.4, -0.2) is 23.1 Å². The van der Waals surface area contributed by atoms with Gasteiger partial charge in [0.1, 0.15) is 0 Å². The molecular weight excluding hydrogens is 296 g/mol. The first-order valence-electron chi connectivity index (χ1n) is 8.61. The Morgan fingerprint density at radius 3 is 2.21 bits per heavy atom. The molecule has 0 unspecified atom stereocenters. The summed E-state index contributed by atoms with van der Waals surface area (Å²) in [6.45, 7) is 1.99. The average Bonchev–Trinajstić information content (AvgIpc) is 2.63. The summed E-state index contributed by atoms with van der Waals surface area (Å²) in [6, 6.07) is 18.7. The van der Waals surface area contributed by atoms with Gasteiger partial charge in [0.05, 0.1) is 11.0 Å². The highest BCUT2D eigenvalue weighted by molar-refractivity contribution is 5.79. The summed E-state index contributed by atoms with van der Waals surface area (Å²) in [6.07, 6.45) is 3.50. The summed E-state index contributed by atoms with van der Waals surface area (Å²) in [4.78, 5) is 11.5. The lowest BCUT2D eigenvalue weighted by atomic mass is 9.90. The third-order valence-electron chi connectivity index (χ3n) is 4.86. The van der Waals surface area contributed by atoms with Crippen LogP contribution >= 0.6 is 0 Å². The van der Waals surface area contributed by atoms with Crippen LogP contribution < -0.4 is 10.6 Å². The van der Waals surface area contributed by atoms with E-state index in [2.05, 4.69) is 40.2 Å². The molecule has 0 saturated carbocycles. The maximum atomic E-state index is 6.16. The van der Waals surface area contributed by atoms with Crippen molar-refractivity contribution in [3.8, 4) is 0 Å². The van der Waals surface area contributed by atoms with Crippen molar-refractivity contribution < 1.29 is 0 Å². The van der Waals surface area contributed by atoms with Gasteiger partial charge in [-0.1, -0.05) is 42.5 Å². The van der Waals surface area contributed by atoms with Crippen molar-refractivity contribution in [1.29, 1.82) is 0 Å². The molecule has 1 saturated heterocycles. The van der Waals surface area contributed by atoms with Crippen molar-refractivity contribution in [2.45, 2.75) is 19.3 Å². The van der Waals surface area contributed by atoms with E-state index in [9.17, 15) is 0 Å². The normalized spacial score (nSPS) is 15.8. The minimum Gasteiger partial charge on any atom is -0.381 e. The van der Waals surface area contributed by atoms with Crippen LogP contribution in [0.4, 0.5) is 11.6 Å². The Hall–Kier alpha value is -2.62. The number of rotatable bonds is 3. The number of benzene rings is 2. The zero-order chi connectivity index (χ0) is 16.4. The highest BCUT2D eigenvalue weighted by Crippen LogP contribution is 2.28. The molecule has 0 aliphatic carbocycles. The van der Waals surface area contributed by atoms with Crippen molar-refractivity contribution in [3.63, 3.8) is 0 Å². The zero-order valence-corrected chi connectivity index (χ0v) is 13.7. The number of nitrogen functional groups attached to an aromatic ring is 1. The maximum Gasteiger partial charge on any atom is 0.172 e. The fourth-order valence-electron chi connectivity index (χ4n) is 3.53. The van der Waals surface area contributed by atoms with Gasteiger partial charge >= 0.3 is 0 Å². The molecule has 122 valence electrons. The van der Waals surface area contributed by atoms with Crippen LogP contribution in [0.5, 0.6) is 0 Å². The summed E-state index contributed by atoms with van der Waals surface area (Å²) in [5, 5.41) is 0. The second-order valence-corrected chi connectivity index (χ2v) is 6.54. The summed E-state index contributed by atoms with van der Waals surface area (Å²) in [5.41, 5.74) is 9.36. The largest absolute Gasteiger partial charge is 0.381 e. The molecule has 1 fully saturated rings. The molecule has 4 heteroatoms. The number of aromatic nitrogens is 2. The Morgan fingerprint density at radius 1 is 0.875 bits per heavy atom. The predicted molar refractivity (Wildman–Crippen MR) is 99.0 cm³/mol. The molecule has 0 bridgehead atoms. The highest BCUT2D eigenvalue weighted by Gasteiger charge is 2.22. The van der Waals surface area contributed by atoms with Crippen molar-refractivity contribution in [1.82, 2.24) is 9.97 Å². The van der Waals surface area contributed by atoms with E-state index >= 15 is 0 Å². The topological polar surface area (TPSA) is 55.0 Å². The molecule has 4 rings (SSSR count). The molecule has 2 N–H and O–H groups in total. The number of para-hydroxylation sites is 2. The van der Waals surface area contributed by atoms with E-state index in [0.717, 1.165) is 42.3 Å². The molecular formula is C20H22N4. The van der Waals surface area contributed by atoms with Crippen LogP contribution in [-0.2, 0) is 6.42 Å². The zero-order valence-electron chi connectivity index (χ0n) is 13.7. The predicted octanol–water partition coefficient (Wildman–Crippen LogP) is 3.67. The Morgan fingerprint density at radius 2 is 1.50 bits per heavy atom. The molecule has 24 heavy (non-hydrogen) atoms. The van der Waals surface area contributed by atoms with E-state index in [-0.39, 0.29) is 0 Å². The summed E-state index contributed by atoms with van der Waals surface area (Å²) in [5.74, 6) is 2.11. The first kappa shape index (κ1) is 14.9. The molecule has 0 amide bonds. The van der Waals surface area contributed by atoms with Gasteiger partial charge in [0.25, 0.3) is 0 Å². The van der Waals surface area contributed by atoms with Gasteiger partial charge in [0.15, 0.2) is 11.6 Å². The maximum absolute atomic E-state index is 6.16. The Labute approximate surface area is 142 Å². The second kappa shape index (κ2) is 6.48. The van der Waals surface area contributed by atoms with Crippen LogP contribution in [0.15, 0.2) is 54.6 Å². The molecule has 0 radical (unpaired) electrons. The lowest BCUT2D eigenvalue weighted by molar-refractivity contribution is 0.402. The number of anilines is 2. The summed E-state index contributed by atoms with van der Waals surface area (Å²) >= 11 is 0. The van der Waals surface area contributed by atoms with Gasteiger partial charge in [-0.3, -0.25) is 0 Å². The fourth-order valence-corrected chi connectivity index (χ4v) is 3.53. The van der Waals surface area contributed by atoms with Crippen LogP contribution in [0.3, 0.4) is 0 Å². The molecule has 0 atom stereocenters. The lowest BCUT2D eigenvalue weighted by Gasteiger charge is -2.33. The molecule has 1 aliphatic heterocycles. The van der Waals surface area contributed by atoms with E-state index in [1.54, 1.807) is 0 Å². The van der Waals surface area contributed by atoms with Gasteiger partial charge in [-0.05, 0) is 42.9 Å². The fraction of sp³-hybridized carbons (Fsp3) is 0.300. The van der Waals surface area contributed by atoms with Crippen molar-refractivity contribution in [2.24, 2.45) is 5.92 Å². The quantitative estimate of drug-likeness (QED) is 0.800. The van der Waals surface area contributed by atoms with E-state index < -0.39 is 0 Å². The minimum atomic E-state index is 0.537. The first-order chi connectivity index (χ1) is 11.8. The molecule has 3 aromatic rings. The standard InChI is InChI=1S/C20H22N4/c21-19-20(23-18-9-5-4-8-17(18)22-19)24-12-10-16(11-13-24)14-15-6-2-1-3-7-15/h1-9,16H,10-14H2,(H2,21,22). The summed E-state index contributed by atoms with van der Waals surface area (Å²) in [7, 11) is 0. The number of fused-ring (bicyclic) bond motifs is 1. The molecule has 4 nitrogen and oxygen atoms in total. The average molecular weight is 318 g/mol. The molecule has 2 aromatic carbocycles. The number of nitrogens with two attached hydrogens (primary N) is 1. The monoisotopic (exact) mass is 318 g/mol. The molecule has 2 heterocycles. The van der Waals surface area contributed by atoms with Crippen molar-refractivity contribution in [2.75, 3.05) is 23.7 Å². The Balaban J connectivity index is 1.47. The number of piperidine rings is 1. The van der Waals surface area contributed by atoms with Gasteiger partial charge in [-0.25, -0.2) is 9.97 Å². The van der Waals surface area contributed by atoms with Crippen molar-refractivity contribution >= 4 is 22.7 Å². The molecule has 1 aromatic heterocycles. The molecule has 0 spiro atoms. The highest BCUT2D eigenvalue weighted by atomic mass is 15.2. The van der Waals surface area contributed by atoms with Crippen LogP contribution in [0.25, 0.3) is 11.0 Å². The Kier molecular flexibility index (Phi) is 4.03. The summed E-state index contributed by atoms with van der Waals surface area (Å²) < 4.78 is 0. The minimum absolute atomic E-state index is 0.537. The van der Waals surface area contributed by atoms with Crippen LogP contribution in [0.1, 0.15) is 18.4 Å². The second-order valence-electron chi connectivity index (χ2n) is 6.54. The number of hydrogen-bond donors (Lipinski definition) is 1. The SMILES string of the molecule is Nc1nc2ccccc2nc1N1CCC(Cc2ccccc2)CC1. The lowest BCUT2D eigenvalue weighted by Crippen LogP contribution is -2.35. The number of hydrogen-bond acceptors (Lipinski definition) is 4. The van der Waals surface area contributed by atoms with E-state index in [0.29, 0.717) is 5.82 Å². The van der Waals surface area contributed by atoms with E-state index in [1.165, 1.54) is 18.4 Å². The van der Waals surface area contributed by atoms with Gasteiger partial charge < -0.3 is 10.6 Å². The molecule has 1 aliphatic rings. The third-order valence-corrected chi connectivity index (χ3v) is 4.86. The van der Waals surface area contributed by atoms with Crippen molar-refractivity contribution in [3.05, 3.63) is 60.2 Å². The van der Waals surface area contributed by atoms with Gasteiger partial charge in [-0.2, -0.15) is 0 Å². The van der Waals surface area contributed by atoms with Crippen LogP contribution in [0.2, 0.25) is 0 Å². The van der Waals surface area contributed by atoms with Gasteiger partial charge in [-0.15, -0.1) is 0 Å². The van der Waals surface area contributed by atoms with E-state index in [4.69, 9.17) is 10.7 Å². The Bertz CT molecular complexity index is 823. The van der Waals surface area contributed by atoms with Gasteiger partial charge in [0.2, 0.25) is 0 Å². The van der Waals surface area contributed by atoms with Gasteiger partial charge in [0, 0.05) is 13.1 Å². The first-order valence-corrected chi connectivity index (χ1v) is 8.61.